The Kier molecular flexibility index (Phi) is 6.18. The van der Waals surface area contributed by atoms with Crippen molar-refractivity contribution in [3.05, 3.63) is 33.8 Å². The molecule has 2 unspecified atom stereocenters. The molecule has 1 aromatic rings. The predicted octanol–water partition coefficient (Wildman–Crippen LogP) is 3.28. The summed E-state index contributed by atoms with van der Waals surface area (Å²) < 4.78 is 33.1. The van der Waals surface area contributed by atoms with Crippen LogP contribution >= 0.6 is 15.9 Å². The Morgan fingerprint density at radius 2 is 2.06 bits per heavy atom. The van der Waals surface area contributed by atoms with E-state index in [0.717, 1.165) is 6.42 Å². The van der Waals surface area contributed by atoms with Crippen LogP contribution in [-0.2, 0) is 11.2 Å². The minimum atomic E-state index is -0.541. The van der Waals surface area contributed by atoms with E-state index in [2.05, 4.69) is 21.2 Å². The molecule has 1 N–H and O–H groups in total. The molecule has 2 atom stereocenters. The maximum Gasteiger partial charge on any atom is 0.143 e. The number of nitrogens with one attached hydrogen (secondary N) is 1. The van der Waals surface area contributed by atoms with E-state index in [4.69, 9.17) is 4.74 Å². The van der Waals surface area contributed by atoms with E-state index in [1.165, 1.54) is 12.1 Å². The number of halogens is 3. The molecule has 0 amide bonds. The Labute approximate surface area is 115 Å². The Bertz CT molecular complexity index is 397. The number of benzene rings is 1. The number of rotatable bonds is 6. The van der Waals surface area contributed by atoms with Gasteiger partial charge in [0.05, 0.1) is 10.6 Å². The Hall–Kier alpha value is -0.520. The van der Waals surface area contributed by atoms with Gasteiger partial charge in [-0.2, -0.15) is 0 Å². The Balaban J connectivity index is 2.98. The second kappa shape index (κ2) is 7.16. The van der Waals surface area contributed by atoms with Gasteiger partial charge in [0.15, 0.2) is 0 Å². The van der Waals surface area contributed by atoms with Gasteiger partial charge in [0.1, 0.15) is 11.6 Å². The summed E-state index contributed by atoms with van der Waals surface area (Å²) in [5.41, 5.74) is 0.0826. The third-order valence-corrected chi connectivity index (χ3v) is 3.70. The predicted molar refractivity (Wildman–Crippen MR) is 71.7 cm³/mol. The fraction of sp³-hybridized carbons (Fsp3) is 0.538. The van der Waals surface area contributed by atoms with E-state index >= 15 is 0 Å². The molecule has 0 saturated heterocycles. The second-order valence-corrected chi connectivity index (χ2v) is 4.96. The lowest BCUT2D eigenvalue weighted by atomic mass is 9.99. The molecule has 102 valence electrons. The molecule has 0 aliphatic heterocycles. The van der Waals surface area contributed by atoms with Crippen LogP contribution in [0.5, 0.6) is 0 Å². The van der Waals surface area contributed by atoms with Crippen LogP contribution in [0.25, 0.3) is 0 Å². The molecular weight excluding hydrogens is 304 g/mol. The quantitative estimate of drug-likeness (QED) is 0.812. The molecule has 0 aromatic heterocycles. The third kappa shape index (κ3) is 3.49. The normalized spacial score (nSPS) is 14.6. The van der Waals surface area contributed by atoms with Gasteiger partial charge in [-0.25, -0.2) is 8.78 Å². The van der Waals surface area contributed by atoms with Crippen molar-refractivity contribution in [2.24, 2.45) is 0 Å². The van der Waals surface area contributed by atoms with E-state index in [-0.39, 0.29) is 28.6 Å². The average molecular weight is 322 g/mol. The van der Waals surface area contributed by atoms with Gasteiger partial charge in [-0.05, 0) is 48.0 Å². The molecular formula is C13H18BrF2NO. The number of likely N-dealkylation sites (N-methyl/N-ethyl adjacent to an activating group) is 1. The maximum atomic E-state index is 13.9. The van der Waals surface area contributed by atoms with Crippen LogP contribution in [0.4, 0.5) is 8.78 Å². The van der Waals surface area contributed by atoms with Crippen molar-refractivity contribution < 1.29 is 13.5 Å². The standard InChI is InChI=1S/C13H18BrF2NO/c1-4-12(18-3)11(17-2)7-8-10(15)6-5-9(14)13(8)16/h5-6,11-12,17H,4,7H2,1-3H3. The van der Waals surface area contributed by atoms with Gasteiger partial charge < -0.3 is 10.1 Å². The highest BCUT2D eigenvalue weighted by Crippen LogP contribution is 2.23. The van der Waals surface area contributed by atoms with Crippen molar-refractivity contribution in [2.75, 3.05) is 14.2 Å². The summed E-state index contributed by atoms with van der Waals surface area (Å²) in [6.07, 6.45) is 0.951. The van der Waals surface area contributed by atoms with Crippen LogP contribution < -0.4 is 5.32 Å². The highest BCUT2D eigenvalue weighted by molar-refractivity contribution is 9.10. The molecule has 1 rings (SSSR count). The summed E-state index contributed by atoms with van der Waals surface area (Å²) in [4.78, 5) is 0. The van der Waals surface area contributed by atoms with Gasteiger partial charge in [-0.1, -0.05) is 6.92 Å². The third-order valence-electron chi connectivity index (χ3n) is 3.09. The molecule has 0 fully saturated rings. The number of hydrogen-bond donors (Lipinski definition) is 1. The highest BCUT2D eigenvalue weighted by Gasteiger charge is 2.22. The Morgan fingerprint density at radius 3 is 2.56 bits per heavy atom. The summed E-state index contributed by atoms with van der Waals surface area (Å²) in [6.45, 7) is 1.98. The second-order valence-electron chi connectivity index (χ2n) is 4.10. The molecule has 0 saturated carbocycles. The molecule has 0 aliphatic rings. The zero-order valence-corrected chi connectivity index (χ0v) is 12.4. The lowest BCUT2D eigenvalue weighted by Gasteiger charge is -2.25. The molecule has 0 bridgehead atoms. The monoisotopic (exact) mass is 321 g/mol. The minimum absolute atomic E-state index is 0.0761. The van der Waals surface area contributed by atoms with Crippen LogP contribution in [-0.4, -0.2) is 26.3 Å². The van der Waals surface area contributed by atoms with Crippen LogP contribution in [0.15, 0.2) is 16.6 Å². The van der Waals surface area contributed by atoms with Gasteiger partial charge in [0, 0.05) is 18.7 Å². The first-order valence-electron chi connectivity index (χ1n) is 5.87. The topological polar surface area (TPSA) is 21.3 Å². The van der Waals surface area contributed by atoms with Crippen LogP contribution in [0, 0.1) is 11.6 Å². The summed E-state index contributed by atoms with van der Waals surface area (Å²) in [5.74, 6) is -1.07. The maximum absolute atomic E-state index is 13.9. The molecule has 0 aliphatic carbocycles. The van der Waals surface area contributed by atoms with E-state index < -0.39 is 11.6 Å². The lowest BCUT2D eigenvalue weighted by Crippen LogP contribution is -2.40. The first kappa shape index (κ1) is 15.5. The molecule has 0 spiro atoms. The molecule has 2 nitrogen and oxygen atoms in total. The first-order chi connectivity index (χ1) is 8.54. The zero-order chi connectivity index (χ0) is 13.7. The lowest BCUT2D eigenvalue weighted by molar-refractivity contribution is 0.0673. The first-order valence-corrected chi connectivity index (χ1v) is 6.66. The molecule has 0 heterocycles. The zero-order valence-electron chi connectivity index (χ0n) is 10.8. The van der Waals surface area contributed by atoms with E-state index in [1.807, 2.05) is 6.92 Å². The summed E-state index contributed by atoms with van der Waals surface area (Å²) in [5, 5.41) is 3.05. The smallest absolute Gasteiger partial charge is 0.143 e. The summed E-state index contributed by atoms with van der Waals surface area (Å²) >= 11 is 3.07. The van der Waals surface area contributed by atoms with Gasteiger partial charge in [0.2, 0.25) is 0 Å². The average Bonchev–Trinajstić information content (AvgIpc) is 2.38. The largest absolute Gasteiger partial charge is 0.380 e. The SMILES string of the molecule is CCC(OC)C(Cc1c(F)ccc(Br)c1F)NC. The van der Waals surface area contributed by atoms with Crippen molar-refractivity contribution in [3.8, 4) is 0 Å². The number of ether oxygens (including phenoxy) is 1. The van der Waals surface area contributed by atoms with Gasteiger partial charge in [-0.15, -0.1) is 0 Å². The molecule has 18 heavy (non-hydrogen) atoms. The van der Waals surface area contributed by atoms with Crippen molar-refractivity contribution in [1.82, 2.24) is 5.32 Å². The Morgan fingerprint density at radius 1 is 1.39 bits per heavy atom. The minimum Gasteiger partial charge on any atom is -0.380 e. The summed E-state index contributed by atoms with van der Waals surface area (Å²) in [7, 11) is 3.37. The number of hydrogen-bond acceptors (Lipinski definition) is 2. The highest BCUT2D eigenvalue weighted by atomic mass is 79.9. The fourth-order valence-corrected chi connectivity index (χ4v) is 2.38. The van der Waals surface area contributed by atoms with Crippen LogP contribution in [0.2, 0.25) is 0 Å². The van der Waals surface area contributed by atoms with Crippen molar-refractivity contribution in [2.45, 2.75) is 31.9 Å². The van der Waals surface area contributed by atoms with E-state index in [1.54, 1.807) is 14.2 Å². The molecule has 5 heteroatoms. The van der Waals surface area contributed by atoms with Crippen LogP contribution in [0.3, 0.4) is 0 Å². The van der Waals surface area contributed by atoms with E-state index in [9.17, 15) is 8.78 Å². The molecule has 1 aromatic carbocycles. The van der Waals surface area contributed by atoms with E-state index in [0.29, 0.717) is 0 Å². The van der Waals surface area contributed by atoms with Crippen molar-refractivity contribution in [3.63, 3.8) is 0 Å². The van der Waals surface area contributed by atoms with Crippen LogP contribution in [0.1, 0.15) is 18.9 Å². The van der Waals surface area contributed by atoms with Gasteiger partial charge >= 0.3 is 0 Å². The van der Waals surface area contributed by atoms with Gasteiger partial charge in [0.25, 0.3) is 0 Å². The number of methoxy groups -OCH3 is 1. The summed E-state index contributed by atoms with van der Waals surface area (Å²) in [6, 6.07) is 2.51. The fourth-order valence-electron chi connectivity index (χ4n) is 2.01. The molecule has 0 radical (unpaired) electrons. The van der Waals surface area contributed by atoms with Gasteiger partial charge in [-0.3, -0.25) is 0 Å². The van der Waals surface area contributed by atoms with Crippen molar-refractivity contribution in [1.29, 1.82) is 0 Å². The van der Waals surface area contributed by atoms with Crippen molar-refractivity contribution >= 4 is 15.9 Å².